The third kappa shape index (κ3) is 5.74. The molecule has 0 radical (unpaired) electrons. The van der Waals surface area contributed by atoms with Crippen LogP contribution < -0.4 is 5.32 Å². The third-order valence-electron chi connectivity index (χ3n) is 5.99. The van der Waals surface area contributed by atoms with Gasteiger partial charge in [-0.1, -0.05) is 24.3 Å². The van der Waals surface area contributed by atoms with Crippen molar-refractivity contribution in [3.05, 3.63) is 60.2 Å². The number of rotatable bonds is 7. The number of para-hydroxylation sites is 1. The highest BCUT2D eigenvalue weighted by atomic mass is 32.2. The fourth-order valence-corrected chi connectivity index (χ4v) is 6.21. The van der Waals surface area contributed by atoms with Crippen LogP contribution in [0.25, 0.3) is 0 Å². The molecule has 0 aromatic heterocycles. The van der Waals surface area contributed by atoms with Crippen LogP contribution in [0.1, 0.15) is 31.2 Å². The highest BCUT2D eigenvalue weighted by Gasteiger charge is 2.44. The molecule has 4 rings (SSSR count). The van der Waals surface area contributed by atoms with E-state index in [1.807, 2.05) is 23.1 Å². The normalized spacial score (nSPS) is 18.4. The number of nitrogens with one attached hydrogen (secondary N) is 1. The van der Waals surface area contributed by atoms with Crippen molar-refractivity contribution in [2.75, 3.05) is 25.0 Å². The van der Waals surface area contributed by atoms with Crippen molar-refractivity contribution >= 4 is 21.6 Å². The molecule has 2 aromatic carbocycles. The second-order valence-corrected chi connectivity index (χ2v) is 10.4. The Labute approximate surface area is 191 Å². The number of anilines is 1. The molecule has 0 unspecified atom stereocenters. The van der Waals surface area contributed by atoms with Crippen LogP contribution in [0.2, 0.25) is 0 Å². The Kier molecular flexibility index (Phi) is 6.78. The van der Waals surface area contributed by atoms with Crippen molar-refractivity contribution in [1.29, 1.82) is 0 Å². The number of alkyl halides is 3. The molecule has 2 aromatic rings. The number of piperidine rings is 1. The Bertz CT molecular complexity index is 1080. The van der Waals surface area contributed by atoms with Crippen LogP contribution in [0.15, 0.2) is 59.5 Å². The lowest BCUT2D eigenvalue weighted by Gasteiger charge is -2.37. The molecule has 6 nitrogen and oxygen atoms in total. The molecule has 0 spiro atoms. The van der Waals surface area contributed by atoms with E-state index >= 15 is 0 Å². The molecule has 178 valence electrons. The first-order valence-corrected chi connectivity index (χ1v) is 12.4. The Balaban J connectivity index is 1.41. The second-order valence-electron chi connectivity index (χ2n) is 8.51. The average Bonchev–Trinajstić information content (AvgIpc) is 3.60. The molecule has 2 fully saturated rings. The lowest BCUT2D eigenvalue weighted by molar-refractivity contribution is -0.137. The summed E-state index contributed by atoms with van der Waals surface area (Å²) in [5.41, 5.74) is -0.261. The van der Waals surface area contributed by atoms with Crippen LogP contribution >= 0.6 is 0 Å². The summed E-state index contributed by atoms with van der Waals surface area (Å²) in [6.07, 6.45) is -2.15. The van der Waals surface area contributed by atoms with E-state index in [1.165, 1.54) is 10.4 Å². The SMILES string of the molecule is O=C(CN1CCC(N(C2CC2)S(=O)(=O)c2cccc(C(F)(F)F)c2)CC1)Nc1ccccc1. The maximum atomic E-state index is 13.3. The Morgan fingerprint density at radius 1 is 0.970 bits per heavy atom. The maximum absolute atomic E-state index is 13.3. The lowest BCUT2D eigenvalue weighted by atomic mass is 10.0. The first-order valence-electron chi connectivity index (χ1n) is 10.9. The molecule has 0 bridgehead atoms. The van der Waals surface area contributed by atoms with Gasteiger partial charge in [-0.3, -0.25) is 9.69 Å². The van der Waals surface area contributed by atoms with E-state index in [4.69, 9.17) is 0 Å². The highest BCUT2D eigenvalue weighted by molar-refractivity contribution is 7.89. The Hall–Kier alpha value is -2.43. The summed E-state index contributed by atoms with van der Waals surface area (Å²) in [5.74, 6) is -0.143. The van der Waals surface area contributed by atoms with Gasteiger partial charge in [0.15, 0.2) is 0 Å². The quantitative estimate of drug-likeness (QED) is 0.650. The fraction of sp³-hybridized carbons (Fsp3) is 0.435. The highest BCUT2D eigenvalue weighted by Crippen LogP contribution is 2.38. The van der Waals surface area contributed by atoms with Crippen molar-refractivity contribution in [3.63, 3.8) is 0 Å². The second kappa shape index (κ2) is 9.44. The molecule has 1 saturated heterocycles. The van der Waals surface area contributed by atoms with Gasteiger partial charge in [0.05, 0.1) is 17.0 Å². The zero-order valence-electron chi connectivity index (χ0n) is 18.0. The van der Waals surface area contributed by atoms with Gasteiger partial charge in [-0.15, -0.1) is 0 Å². The zero-order valence-corrected chi connectivity index (χ0v) is 18.8. The molecule has 0 atom stereocenters. The van der Waals surface area contributed by atoms with Crippen molar-refractivity contribution in [3.8, 4) is 0 Å². The molecular weight excluding hydrogens is 455 g/mol. The standard InChI is InChI=1S/C23H26F3N3O3S/c24-23(25,26)17-5-4-8-21(15-17)33(31,32)29(19-9-10-19)20-11-13-28(14-12-20)16-22(30)27-18-6-2-1-3-7-18/h1-8,15,19-20H,9-14,16H2,(H,27,30). The maximum Gasteiger partial charge on any atom is 0.416 e. The average molecular weight is 482 g/mol. The minimum Gasteiger partial charge on any atom is -0.325 e. The first kappa shape index (κ1) is 23.7. The van der Waals surface area contributed by atoms with Gasteiger partial charge in [0.2, 0.25) is 15.9 Å². The number of carbonyl (C=O) groups is 1. The van der Waals surface area contributed by atoms with E-state index in [-0.39, 0.29) is 29.4 Å². The number of nitrogens with zero attached hydrogens (tertiary/aromatic N) is 2. The molecule has 33 heavy (non-hydrogen) atoms. The van der Waals surface area contributed by atoms with E-state index in [0.717, 1.165) is 12.1 Å². The molecule has 1 saturated carbocycles. The van der Waals surface area contributed by atoms with Gasteiger partial charge in [-0.2, -0.15) is 17.5 Å². The summed E-state index contributed by atoms with van der Waals surface area (Å²) in [6.45, 7) is 1.27. The van der Waals surface area contributed by atoms with Gasteiger partial charge in [0, 0.05) is 30.9 Å². The summed E-state index contributed by atoms with van der Waals surface area (Å²) in [6, 6.07) is 12.6. The largest absolute Gasteiger partial charge is 0.416 e. The molecule has 1 aliphatic heterocycles. The van der Waals surface area contributed by atoms with E-state index in [9.17, 15) is 26.4 Å². The van der Waals surface area contributed by atoms with E-state index in [1.54, 1.807) is 12.1 Å². The van der Waals surface area contributed by atoms with E-state index in [0.29, 0.717) is 50.5 Å². The Morgan fingerprint density at radius 3 is 2.21 bits per heavy atom. The van der Waals surface area contributed by atoms with Crippen molar-refractivity contribution in [2.24, 2.45) is 0 Å². The number of likely N-dealkylation sites (tertiary alicyclic amines) is 1. The summed E-state index contributed by atoms with van der Waals surface area (Å²) in [4.78, 5) is 14.0. The summed E-state index contributed by atoms with van der Waals surface area (Å²) in [7, 11) is -4.07. The van der Waals surface area contributed by atoms with Crippen molar-refractivity contribution < 1.29 is 26.4 Å². The zero-order chi connectivity index (χ0) is 23.6. The van der Waals surface area contributed by atoms with Gasteiger partial charge in [-0.25, -0.2) is 8.42 Å². The fourth-order valence-electron chi connectivity index (χ4n) is 4.23. The molecule has 1 aliphatic carbocycles. The number of halogens is 3. The van der Waals surface area contributed by atoms with Crippen LogP contribution in [-0.2, 0) is 21.0 Å². The summed E-state index contributed by atoms with van der Waals surface area (Å²) >= 11 is 0. The lowest BCUT2D eigenvalue weighted by Crippen LogP contribution is -2.49. The number of sulfonamides is 1. The number of hydrogen-bond acceptors (Lipinski definition) is 4. The molecular formula is C23H26F3N3O3S. The first-order chi connectivity index (χ1) is 15.6. The van der Waals surface area contributed by atoms with Crippen molar-refractivity contribution in [1.82, 2.24) is 9.21 Å². The minimum absolute atomic E-state index is 0.143. The summed E-state index contributed by atoms with van der Waals surface area (Å²) < 4.78 is 67.5. The van der Waals surface area contributed by atoms with Gasteiger partial charge < -0.3 is 5.32 Å². The molecule has 1 heterocycles. The van der Waals surface area contributed by atoms with Crippen LogP contribution in [-0.4, -0.2) is 55.2 Å². The van der Waals surface area contributed by atoms with Gasteiger partial charge >= 0.3 is 6.18 Å². The molecule has 2 aliphatic rings. The van der Waals surface area contributed by atoms with Crippen LogP contribution in [0.3, 0.4) is 0 Å². The van der Waals surface area contributed by atoms with Gasteiger partial charge in [-0.05, 0) is 56.0 Å². The summed E-state index contributed by atoms with van der Waals surface area (Å²) in [5, 5.41) is 2.84. The van der Waals surface area contributed by atoms with Crippen LogP contribution in [0.4, 0.5) is 18.9 Å². The molecule has 10 heteroatoms. The van der Waals surface area contributed by atoms with Crippen LogP contribution in [0.5, 0.6) is 0 Å². The number of benzene rings is 2. The number of hydrogen-bond donors (Lipinski definition) is 1. The van der Waals surface area contributed by atoms with E-state index in [2.05, 4.69) is 5.32 Å². The van der Waals surface area contributed by atoms with E-state index < -0.39 is 21.8 Å². The van der Waals surface area contributed by atoms with Gasteiger partial charge in [0.1, 0.15) is 0 Å². The van der Waals surface area contributed by atoms with Crippen LogP contribution in [0, 0.1) is 0 Å². The monoisotopic (exact) mass is 481 g/mol. The minimum atomic E-state index is -4.61. The molecule has 1 N–H and O–H groups in total. The third-order valence-corrected chi connectivity index (χ3v) is 7.99. The number of amides is 1. The Morgan fingerprint density at radius 2 is 1.61 bits per heavy atom. The van der Waals surface area contributed by atoms with Gasteiger partial charge in [0.25, 0.3) is 0 Å². The van der Waals surface area contributed by atoms with Crippen molar-refractivity contribution in [2.45, 2.75) is 48.8 Å². The topological polar surface area (TPSA) is 69.7 Å². The predicted molar refractivity (Wildman–Crippen MR) is 118 cm³/mol. The predicted octanol–water partition coefficient (Wildman–Crippen LogP) is 3.96. The smallest absolute Gasteiger partial charge is 0.325 e. The number of carbonyl (C=O) groups excluding carboxylic acids is 1. The molecule has 1 amide bonds.